The van der Waals surface area contributed by atoms with Gasteiger partial charge in [0, 0.05) is 14.2 Å². The number of thioether (sulfide) groups is 1. The van der Waals surface area contributed by atoms with Gasteiger partial charge in [0.15, 0.2) is 5.82 Å². The van der Waals surface area contributed by atoms with E-state index in [0.29, 0.717) is 11.6 Å². The summed E-state index contributed by atoms with van der Waals surface area (Å²) in [5.41, 5.74) is 3.90. The molecule has 2 heterocycles. The van der Waals surface area contributed by atoms with Crippen molar-refractivity contribution in [3.05, 3.63) is 45.0 Å². The number of halogens is 1. The Morgan fingerprint density at radius 1 is 1.23 bits per heavy atom. The highest BCUT2D eigenvalue weighted by atomic mass is 79.9. The first-order valence-electron chi connectivity index (χ1n) is 6.70. The third-order valence-electron chi connectivity index (χ3n) is 3.39. The van der Waals surface area contributed by atoms with Crippen LogP contribution in [0.5, 0.6) is 0 Å². The number of benzene rings is 1. The van der Waals surface area contributed by atoms with Gasteiger partial charge in [0.1, 0.15) is 10.7 Å². The molecule has 0 aliphatic heterocycles. The number of thiophene rings is 1. The van der Waals surface area contributed by atoms with E-state index in [1.165, 1.54) is 15.3 Å². The average molecular weight is 395 g/mol. The maximum atomic E-state index is 5.64. The summed E-state index contributed by atoms with van der Waals surface area (Å²) in [4.78, 5) is 12.7. The molecule has 0 saturated heterocycles. The van der Waals surface area contributed by atoms with Crippen molar-refractivity contribution in [2.75, 3.05) is 5.43 Å². The van der Waals surface area contributed by atoms with Gasteiger partial charge in [0.25, 0.3) is 0 Å². The van der Waals surface area contributed by atoms with Gasteiger partial charge < -0.3 is 5.43 Å². The van der Waals surface area contributed by atoms with Crippen LogP contribution in [-0.2, 0) is 5.75 Å². The van der Waals surface area contributed by atoms with E-state index in [0.717, 1.165) is 20.5 Å². The Bertz CT molecular complexity index is 815. The number of hydrazine groups is 1. The van der Waals surface area contributed by atoms with Crippen LogP contribution in [0.2, 0.25) is 0 Å². The highest BCUT2D eigenvalue weighted by Gasteiger charge is 2.14. The van der Waals surface area contributed by atoms with Gasteiger partial charge in [-0.1, -0.05) is 15.9 Å². The van der Waals surface area contributed by atoms with Crippen molar-refractivity contribution in [1.82, 2.24) is 9.97 Å². The van der Waals surface area contributed by atoms with E-state index in [2.05, 4.69) is 57.3 Å². The number of hydrogen-bond acceptors (Lipinski definition) is 6. The molecule has 2 aromatic heterocycles. The molecule has 1 aromatic carbocycles. The minimum atomic E-state index is 0.707. The first kappa shape index (κ1) is 15.7. The number of anilines is 1. The number of nitrogen functional groups attached to an aromatic ring is 1. The standard InChI is InChI=1S/C15H15BrN4S2/c1-8-9(2)22-15-13(8)14(20-17)18-12(19-15)7-21-11-5-3-10(16)4-6-11/h3-6H,7,17H2,1-2H3,(H,18,19,20). The van der Waals surface area contributed by atoms with Crippen molar-refractivity contribution in [3.63, 3.8) is 0 Å². The number of fused-ring (bicyclic) bond motifs is 1. The number of aromatic nitrogens is 2. The van der Waals surface area contributed by atoms with Crippen LogP contribution in [-0.4, -0.2) is 9.97 Å². The molecule has 0 aliphatic carbocycles. The molecular formula is C15H15BrN4S2. The van der Waals surface area contributed by atoms with Crippen LogP contribution >= 0.6 is 39.0 Å². The number of nitrogens with one attached hydrogen (secondary N) is 1. The summed E-state index contributed by atoms with van der Waals surface area (Å²) in [5, 5.41) is 1.03. The zero-order chi connectivity index (χ0) is 15.7. The van der Waals surface area contributed by atoms with Crippen LogP contribution in [0.1, 0.15) is 16.3 Å². The molecule has 0 fully saturated rings. The molecule has 0 spiro atoms. The fourth-order valence-corrected chi connectivity index (χ4v) is 4.21. The third kappa shape index (κ3) is 3.12. The summed E-state index contributed by atoms with van der Waals surface area (Å²) >= 11 is 6.84. The predicted molar refractivity (Wildman–Crippen MR) is 98.4 cm³/mol. The lowest BCUT2D eigenvalue weighted by Crippen LogP contribution is -2.10. The Labute approximate surface area is 145 Å². The molecule has 3 N–H and O–H groups in total. The van der Waals surface area contributed by atoms with E-state index in [1.807, 2.05) is 12.1 Å². The van der Waals surface area contributed by atoms with Crippen LogP contribution in [0.3, 0.4) is 0 Å². The number of nitrogens with zero attached hydrogens (tertiary/aromatic N) is 2. The normalized spacial score (nSPS) is 11.1. The lowest BCUT2D eigenvalue weighted by molar-refractivity contribution is 1.06. The minimum absolute atomic E-state index is 0.707. The van der Waals surface area contributed by atoms with Crippen molar-refractivity contribution in [1.29, 1.82) is 0 Å². The average Bonchev–Trinajstić information content (AvgIpc) is 2.81. The van der Waals surface area contributed by atoms with Gasteiger partial charge in [-0.15, -0.1) is 23.1 Å². The fraction of sp³-hybridized carbons (Fsp3) is 0.200. The zero-order valence-corrected chi connectivity index (χ0v) is 15.4. The molecular weight excluding hydrogens is 380 g/mol. The van der Waals surface area contributed by atoms with Crippen molar-refractivity contribution < 1.29 is 0 Å². The predicted octanol–water partition coefficient (Wildman–Crippen LogP) is 4.65. The second-order valence-electron chi connectivity index (χ2n) is 4.84. The van der Waals surface area contributed by atoms with Gasteiger partial charge in [0.2, 0.25) is 0 Å². The number of hydrogen-bond donors (Lipinski definition) is 2. The highest BCUT2D eigenvalue weighted by molar-refractivity contribution is 9.10. The summed E-state index contributed by atoms with van der Waals surface area (Å²) in [6.45, 7) is 4.17. The molecule has 0 bridgehead atoms. The Hall–Kier alpha value is -1.15. The molecule has 0 unspecified atom stereocenters. The molecule has 0 amide bonds. The lowest BCUT2D eigenvalue weighted by Gasteiger charge is -2.06. The summed E-state index contributed by atoms with van der Waals surface area (Å²) < 4.78 is 1.08. The van der Waals surface area contributed by atoms with Crippen LogP contribution in [0.15, 0.2) is 33.6 Å². The van der Waals surface area contributed by atoms with Crippen molar-refractivity contribution in [2.24, 2.45) is 5.84 Å². The highest BCUT2D eigenvalue weighted by Crippen LogP contribution is 2.33. The smallest absolute Gasteiger partial charge is 0.152 e. The van der Waals surface area contributed by atoms with Crippen LogP contribution in [0.25, 0.3) is 10.2 Å². The Morgan fingerprint density at radius 3 is 2.64 bits per heavy atom. The first-order chi connectivity index (χ1) is 10.6. The van der Waals surface area contributed by atoms with E-state index < -0.39 is 0 Å². The molecule has 0 atom stereocenters. The molecule has 3 aromatic rings. The largest absolute Gasteiger partial charge is 0.308 e. The summed E-state index contributed by atoms with van der Waals surface area (Å²) in [6, 6.07) is 8.22. The van der Waals surface area contributed by atoms with Crippen molar-refractivity contribution in [2.45, 2.75) is 24.5 Å². The Morgan fingerprint density at radius 2 is 1.95 bits per heavy atom. The molecule has 22 heavy (non-hydrogen) atoms. The monoisotopic (exact) mass is 394 g/mol. The van der Waals surface area contributed by atoms with Gasteiger partial charge in [-0.25, -0.2) is 15.8 Å². The van der Waals surface area contributed by atoms with Crippen molar-refractivity contribution in [3.8, 4) is 0 Å². The minimum Gasteiger partial charge on any atom is -0.308 e. The first-order valence-corrected chi connectivity index (χ1v) is 9.29. The topological polar surface area (TPSA) is 63.8 Å². The fourth-order valence-electron chi connectivity index (χ4n) is 2.14. The SMILES string of the molecule is Cc1sc2nc(CSc3ccc(Br)cc3)nc(NN)c2c1C. The quantitative estimate of drug-likeness (QED) is 0.383. The van der Waals surface area contributed by atoms with E-state index in [9.17, 15) is 0 Å². The molecule has 0 aliphatic rings. The number of aryl methyl sites for hydroxylation is 2. The molecule has 4 nitrogen and oxygen atoms in total. The van der Waals surface area contributed by atoms with Crippen LogP contribution in [0.4, 0.5) is 5.82 Å². The van der Waals surface area contributed by atoms with E-state index in [4.69, 9.17) is 5.84 Å². The summed E-state index contributed by atoms with van der Waals surface area (Å²) in [5.74, 6) is 7.84. The van der Waals surface area contributed by atoms with E-state index in [-0.39, 0.29) is 0 Å². The Balaban J connectivity index is 1.89. The van der Waals surface area contributed by atoms with Crippen LogP contribution < -0.4 is 11.3 Å². The van der Waals surface area contributed by atoms with Crippen LogP contribution in [0, 0.1) is 13.8 Å². The van der Waals surface area contributed by atoms with Gasteiger partial charge in [-0.2, -0.15) is 0 Å². The van der Waals surface area contributed by atoms with Gasteiger partial charge in [0.05, 0.1) is 11.1 Å². The molecule has 0 saturated carbocycles. The van der Waals surface area contributed by atoms with Gasteiger partial charge in [-0.05, 0) is 43.7 Å². The molecule has 0 radical (unpaired) electrons. The lowest BCUT2D eigenvalue weighted by atomic mass is 10.2. The maximum absolute atomic E-state index is 5.64. The Kier molecular flexibility index (Phi) is 4.67. The van der Waals surface area contributed by atoms with Gasteiger partial charge >= 0.3 is 0 Å². The molecule has 114 valence electrons. The van der Waals surface area contributed by atoms with Gasteiger partial charge in [-0.3, -0.25) is 0 Å². The second-order valence-corrected chi connectivity index (χ2v) is 8.01. The molecule has 3 rings (SSSR count). The summed E-state index contributed by atoms with van der Waals surface area (Å²) in [7, 11) is 0. The van der Waals surface area contributed by atoms with E-state index in [1.54, 1.807) is 23.1 Å². The molecule has 7 heteroatoms. The summed E-state index contributed by atoms with van der Waals surface area (Å²) in [6.07, 6.45) is 0. The maximum Gasteiger partial charge on any atom is 0.152 e. The van der Waals surface area contributed by atoms with Crippen molar-refractivity contribution >= 4 is 55.1 Å². The zero-order valence-electron chi connectivity index (χ0n) is 12.2. The van der Waals surface area contributed by atoms with E-state index >= 15 is 0 Å². The third-order valence-corrected chi connectivity index (χ3v) is 6.03. The number of nitrogens with two attached hydrogens (primary N) is 1. The second kappa shape index (κ2) is 6.54. The number of rotatable bonds is 4.